The van der Waals surface area contributed by atoms with E-state index in [1.807, 2.05) is 0 Å². The molecule has 0 rings (SSSR count). The number of aliphatic carboxylic acids is 1. The summed E-state index contributed by atoms with van der Waals surface area (Å²) in [4.78, 5) is 9.91. The summed E-state index contributed by atoms with van der Waals surface area (Å²) in [7, 11) is -0.836. The van der Waals surface area contributed by atoms with Crippen molar-refractivity contribution < 1.29 is 14.1 Å². The van der Waals surface area contributed by atoms with Crippen molar-refractivity contribution in [1.29, 1.82) is 0 Å². The summed E-state index contributed by atoms with van der Waals surface area (Å²) in [5, 5.41) is 10.8. The summed E-state index contributed by atoms with van der Waals surface area (Å²) in [5.74, 6) is -0.380. The number of hydrogen-bond acceptors (Lipinski definition) is 3. The van der Waals surface area contributed by atoms with Crippen molar-refractivity contribution in [3.63, 3.8) is 0 Å². The Morgan fingerprint density at radius 3 is 2.70 bits per heavy atom. The summed E-state index contributed by atoms with van der Waals surface area (Å²) in [6, 6.07) is 0. The Balaban J connectivity index is 3.06. The van der Waals surface area contributed by atoms with E-state index in [0.29, 0.717) is 12.3 Å². The zero-order valence-electron chi connectivity index (χ0n) is 5.79. The lowest BCUT2D eigenvalue weighted by Crippen LogP contribution is -2.26. The lowest BCUT2D eigenvalue weighted by Gasteiger charge is -1.97. The van der Waals surface area contributed by atoms with Crippen LogP contribution in [-0.2, 0) is 15.6 Å². The van der Waals surface area contributed by atoms with Crippen molar-refractivity contribution in [1.82, 2.24) is 5.32 Å². The largest absolute Gasteiger partial charge is 0.480 e. The van der Waals surface area contributed by atoms with E-state index in [1.54, 1.807) is 6.26 Å². The van der Waals surface area contributed by atoms with Crippen LogP contribution in [0.4, 0.5) is 0 Å². The minimum absolute atomic E-state index is 0.0583. The topological polar surface area (TPSA) is 66.4 Å². The maximum atomic E-state index is 10.4. The smallest absolute Gasteiger partial charge is 0.317 e. The number of carboxylic acid groups (broad SMARTS) is 1. The van der Waals surface area contributed by atoms with Crippen LogP contribution < -0.4 is 5.32 Å². The molecule has 4 nitrogen and oxygen atoms in total. The first-order valence-electron chi connectivity index (χ1n) is 2.85. The molecule has 5 heteroatoms. The molecule has 0 aliphatic heterocycles. The molecule has 0 radical (unpaired) electrons. The van der Waals surface area contributed by atoms with E-state index in [4.69, 9.17) is 5.11 Å². The fraction of sp³-hybridized carbons (Fsp3) is 0.800. The minimum Gasteiger partial charge on any atom is -0.480 e. The van der Waals surface area contributed by atoms with E-state index in [2.05, 4.69) is 5.32 Å². The molecular formula is C5H11NO3S. The summed E-state index contributed by atoms with van der Waals surface area (Å²) in [6.45, 7) is 0.437. The van der Waals surface area contributed by atoms with Crippen LogP contribution in [0.3, 0.4) is 0 Å². The summed E-state index contributed by atoms with van der Waals surface area (Å²) >= 11 is 0. The standard InChI is InChI=1S/C5H11NO3S/c1-10(9)3-2-6-4-5(7)8/h6H,2-4H2,1H3,(H,7,8). The third-order valence-electron chi connectivity index (χ3n) is 0.843. The average molecular weight is 165 g/mol. The Morgan fingerprint density at radius 1 is 1.70 bits per heavy atom. The number of rotatable bonds is 5. The first-order valence-corrected chi connectivity index (χ1v) is 4.58. The van der Waals surface area contributed by atoms with E-state index < -0.39 is 16.8 Å². The monoisotopic (exact) mass is 165 g/mol. The average Bonchev–Trinajstić information content (AvgIpc) is 1.79. The molecule has 2 N–H and O–H groups in total. The molecule has 1 atom stereocenters. The molecule has 0 amide bonds. The molecule has 0 aromatic heterocycles. The molecular weight excluding hydrogens is 154 g/mol. The van der Waals surface area contributed by atoms with Gasteiger partial charge in [0.05, 0.1) is 6.54 Å². The van der Waals surface area contributed by atoms with Crippen molar-refractivity contribution in [2.75, 3.05) is 25.1 Å². The highest BCUT2D eigenvalue weighted by Crippen LogP contribution is 1.70. The van der Waals surface area contributed by atoms with Crippen LogP contribution >= 0.6 is 0 Å². The molecule has 10 heavy (non-hydrogen) atoms. The maximum absolute atomic E-state index is 10.4. The van der Waals surface area contributed by atoms with Gasteiger partial charge in [-0.2, -0.15) is 0 Å². The number of nitrogens with one attached hydrogen (secondary N) is 1. The molecule has 0 aliphatic carbocycles. The number of carbonyl (C=O) groups is 1. The van der Waals surface area contributed by atoms with Crippen molar-refractivity contribution in [2.24, 2.45) is 0 Å². The number of hydrogen-bond donors (Lipinski definition) is 2. The highest BCUT2D eigenvalue weighted by atomic mass is 32.2. The van der Waals surface area contributed by atoms with Crippen LogP contribution in [0.1, 0.15) is 0 Å². The molecule has 0 aromatic rings. The normalized spacial score (nSPS) is 12.9. The van der Waals surface area contributed by atoms with Crippen LogP contribution in [-0.4, -0.2) is 40.4 Å². The van der Waals surface area contributed by atoms with Crippen LogP contribution in [0, 0.1) is 0 Å². The van der Waals surface area contributed by atoms with Crippen LogP contribution in [0.2, 0.25) is 0 Å². The van der Waals surface area contributed by atoms with E-state index in [9.17, 15) is 9.00 Å². The van der Waals surface area contributed by atoms with Gasteiger partial charge in [-0.25, -0.2) is 0 Å². The SMILES string of the molecule is CS(=O)CCNCC(=O)O. The first kappa shape index (κ1) is 9.58. The summed E-state index contributed by atoms with van der Waals surface area (Å²) in [6.07, 6.45) is 1.59. The Hall–Kier alpha value is -0.420. The van der Waals surface area contributed by atoms with Gasteiger partial charge >= 0.3 is 5.97 Å². The van der Waals surface area contributed by atoms with Crippen LogP contribution in [0.15, 0.2) is 0 Å². The fourth-order valence-corrected chi connectivity index (χ4v) is 0.843. The molecule has 1 unspecified atom stereocenters. The predicted octanol–water partition coefficient (Wildman–Crippen LogP) is -0.961. The third-order valence-corrected chi connectivity index (χ3v) is 1.62. The van der Waals surface area contributed by atoms with Crippen molar-refractivity contribution in [2.45, 2.75) is 0 Å². The van der Waals surface area contributed by atoms with Crippen LogP contribution in [0.25, 0.3) is 0 Å². The Bertz CT molecular complexity index is 121. The predicted molar refractivity (Wildman–Crippen MR) is 39.4 cm³/mol. The van der Waals surface area contributed by atoms with Crippen molar-refractivity contribution in [3.8, 4) is 0 Å². The third kappa shape index (κ3) is 7.58. The molecule has 0 fully saturated rings. The summed E-state index contributed by atoms with van der Waals surface area (Å²) < 4.78 is 10.4. The van der Waals surface area contributed by atoms with Gasteiger partial charge in [0.2, 0.25) is 0 Å². The second-order valence-electron chi connectivity index (χ2n) is 1.85. The quantitative estimate of drug-likeness (QED) is 0.515. The van der Waals surface area contributed by atoms with Gasteiger partial charge < -0.3 is 10.4 Å². The molecule has 0 heterocycles. The highest BCUT2D eigenvalue weighted by molar-refractivity contribution is 7.84. The second kappa shape index (κ2) is 5.37. The lowest BCUT2D eigenvalue weighted by molar-refractivity contribution is -0.135. The maximum Gasteiger partial charge on any atom is 0.317 e. The first-order chi connectivity index (χ1) is 4.63. The van der Waals surface area contributed by atoms with E-state index in [0.717, 1.165) is 0 Å². The summed E-state index contributed by atoms with van der Waals surface area (Å²) in [5.41, 5.74) is 0. The highest BCUT2D eigenvalue weighted by Gasteiger charge is 1.94. The molecule has 0 spiro atoms. The van der Waals surface area contributed by atoms with Crippen LogP contribution in [0.5, 0.6) is 0 Å². The fourth-order valence-electron chi connectivity index (χ4n) is 0.411. The minimum atomic E-state index is -0.887. The molecule has 0 saturated carbocycles. The molecule has 0 bridgehead atoms. The van der Waals surface area contributed by atoms with Gasteiger partial charge in [0.1, 0.15) is 0 Å². The molecule has 0 aliphatic rings. The Kier molecular flexibility index (Phi) is 5.15. The van der Waals surface area contributed by atoms with Crippen molar-refractivity contribution in [3.05, 3.63) is 0 Å². The van der Waals surface area contributed by atoms with Gasteiger partial charge in [0.15, 0.2) is 0 Å². The van der Waals surface area contributed by atoms with Gasteiger partial charge in [-0.15, -0.1) is 0 Å². The Morgan fingerprint density at radius 2 is 2.30 bits per heavy atom. The second-order valence-corrected chi connectivity index (χ2v) is 3.40. The van der Waals surface area contributed by atoms with Gasteiger partial charge in [-0.3, -0.25) is 9.00 Å². The number of carboxylic acids is 1. The van der Waals surface area contributed by atoms with E-state index in [-0.39, 0.29) is 6.54 Å². The molecule has 60 valence electrons. The lowest BCUT2D eigenvalue weighted by atomic mass is 10.6. The Labute approximate surface area is 62.1 Å². The van der Waals surface area contributed by atoms with Gasteiger partial charge in [-0.1, -0.05) is 0 Å². The van der Waals surface area contributed by atoms with E-state index >= 15 is 0 Å². The zero-order valence-corrected chi connectivity index (χ0v) is 6.61. The van der Waals surface area contributed by atoms with Crippen molar-refractivity contribution >= 4 is 16.8 Å². The van der Waals surface area contributed by atoms with Gasteiger partial charge in [0, 0.05) is 29.4 Å². The zero-order chi connectivity index (χ0) is 7.98. The molecule has 0 saturated heterocycles. The van der Waals surface area contributed by atoms with Gasteiger partial charge in [0.25, 0.3) is 0 Å². The molecule has 0 aromatic carbocycles. The van der Waals surface area contributed by atoms with E-state index in [1.165, 1.54) is 0 Å². The van der Waals surface area contributed by atoms with Gasteiger partial charge in [-0.05, 0) is 0 Å².